The van der Waals surface area contributed by atoms with Crippen molar-refractivity contribution in [2.75, 3.05) is 6.54 Å². The first-order valence-corrected chi connectivity index (χ1v) is 8.34. The van der Waals surface area contributed by atoms with Gasteiger partial charge >= 0.3 is 12.5 Å². The van der Waals surface area contributed by atoms with Crippen molar-refractivity contribution in [3.63, 3.8) is 0 Å². The second-order valence-electron chi connectivity index (χ2n) is 6.99. The van der Waals surface area contributed by atoms with E-state index in [9.17, 15) is 18.4 Å². The molecule has 0 bridgehead atoms. The Morgan fingerprint density at radius 2 is 1.92 bits per heavy atom. The average Bonchev–Trinajstić information content (AvgIpc) is 2.93. The van der Waals surface area contributed by atoms with Crippen molar-refractivity contribution in [2.24, 2.45) is 5.41 Å². The lowest BCUT2D eigenvalue weighted by molar-refractivity contribution is -0.149. The summed E-state index contributed by atoms with van der Waals surface area (Å²) >= 11 is 0. The van der Waals surface area contributed by atoms with E-state index in [1.54, 1.807) is 39.0 Å². The Labute approximate surface area is 150 Å². The van der Waals surface area contributed by atoms with Gasteiger partial charge < -0.3 is 10.1 Å². The van der Waals surface area contributed by atoms with Gasteiger partial charge in [-0.3, -0.25) is 14.2 Å². The van der Waals surface area contributed by atoms with Gasteiger partial charge in [-0.2, -0.15) is 8.78 Å². The molecule has 1 atom stereocenters. The van der Waals surface area contributed by atoms with Crippen LogP contribution in [0.25, 0.3) is 11.0 Å². The molecule has 0 radical (unpaired) electrons. The average molecular weight is 367 g/mol. The number of alkyl halides is 2. The number of fused-ring (bicyclic) bond motifs is 1. The number of rotatable bonds is 6. The Bertz CT molecular complexity index is 797. The molecule has 2 aromatic rings. The molecule has 0 fully saturated rings. The third-order valence-corrected chi connectivity index (χ3v) is 3.79. The van der Waals surface area contributed by atoms with Gasteiger partial charge in [0, 0.05) is 12.0 Å². The van der Waals surface area contributed by atoms with Gasteiger partial charge in [0.2, 0.25) is 5.91 Å². The van der Waals surface area contributed by atoms with Crippen LogP contribution in [0.3, 0.4) is 0 Å². The van der Waals surface area contributed by atoms with E-state index in [0.717, 1.165) is 4.57 Å². The van der Waals surface area contributed by atoms with Crippen LogP contribution in [0.15, 0.2) is 24.3 Å². The maximum absolute atomic E-state index is 13.4. The second-order valence-corrected chi connectivity index (χ2v) is 6.99. The molecule has 1 amide bonds. The molecule has 0 aliphatic carbocycles. The SMILES string of the molecule is CC(OC(=O)CCNC(=O)C(C)(C)C)c1nc2ccccc2n1C(F)F. The van der Waals surface area contributed by atoms with E-state index < -0.39 is 24.0 Å². The highest BCUT2D eigenvalue weighted by atomic mass is 19.3. The second kappa shape index (κ2) is 7.80. The van der Waals surface area contributed by atoms with Crippen LogP contribution in [0.2, 0.25) is 0 Å². The van der Waals surface area contributed by atoms with E-state index >= 15 is 0 Å². The zero-order chi connectivity index (χ0) is 19.5. The number of nitrogens with one attached hydrogen (secondary N) is 1. The first kappa shape index (κ1) is 19.8. The zero-order valence-electron chi connectivity index (χ0n) is 15.3. The third-order valence-electron chi connectivity index (χ3n) is 3.79. The summed E-state index contributed by atoms with van der Waals surface area (Å²) in [4.78, 5) is 27.9. The van der Waals surface area contributed by atoms with Gasteiger partial charge in [-0.1, -0.05) is 32.9 Å². The van der Waals surface area contributed by atoms with Gasteiger partial charge in [0.25, 0.3) is 0 Å². The summed E-state index contributed by atoms with van der Waals surface area (Å²) < 4.78 is 32.8. The van der Waals surface area contributed by atoms with Gasteiger partial charge in [-0.25, -0.2) is 4.98 Å². The zero-order valence-corrected chi connectivity index (χ0v) is 15.3. The number of benzene rings is 1. The van der Waals surface area contributed by atoms with E-state index in [2.05, 4.69) is 10.3 Å². The van der Waals surface area contributed by atoms with Crippen LogP contribution in [0, 0.1) is 5.41 Å². The lowest BCUT2D eigenvalue weighted by atomic mass is 9.96. The van der Waals surface area contributed by atoms with Crippen LogP contribution in [-0.4, -0.2) is 28.0 Å². The van der Waals surface area contributed by atoms with Gasteiger partial charge in [0.15, 0.2) is 11.9 Å². The highest BCUT2D eigenvalue weighted by Gasteiger charge is 2.25. The van der Waals surface area contributed by atoms with E-state index in [1.807, 2.05) is 0 Å². The summed E-state index contributed by atoms with van der Waals surface area (Å²) in [5.74, 6) is -0.800. The number of carbonyl (C=O) groups excluding carboxylic acids is 2. The minimum atomic E-state index is -2.80. The van der Waals surface area contributed by atoms with Crippen LogP contribution in [0.5, 0.6) is 0 Å². The van der Waals surface area contributed by atoms with Crippen LogP contribution in [-0.2, 0) is 14.3 Å². The molecule has 0 aliphatic rings. The Kier molecular flexibility index (Phi) is 5.94. The fraction of sp³-hybridized carbons (Fsp3) is 0.500. The maximum atomic E-state index is 13.4. The molecule has 0 spiro atoms. The Balaban J connectivity index is 2.02. The quantitative estimate of drug-likeness (QED) is 0.792. The molecule has 26 heavy (non-hydrogen) atoms. The van der Waals surface area contributed by atoms with Crippen molar-refractivity contribution in [3.8, 4) is 0 Å². The molecule has 1 unspecified atom stereocenters. The number of aromatic nitrogens is 2. The molecule has 1 N–H and O–H groups in total. The van der Waals surface area contributed by atoms with Crippen molar-refractivity contribution >= 4 is 22.9 Å². The lowest BCUT2D eigenvalue weighted by Crippen LogP contribution is -2.36. The van der Waals surface area contributed by atoms with Crippen LogP contribution >= 0.6 is 0 Å². The summed E-state index contributed by atoms with van der Waals surface area (Å²) in [6.07, 6.45) is -0.997. The molecular weight excluding hydrogens is 344 g/mol. The lowest BCUT2D eigenvalue weighted by Gasteiger charge is -2.18. The van der Waals surface area contributed by atoms with Crippen LogP contribution in [0.4, 0.5) is 8.78 Å². The molecule has 2 rings (SSSR count). The van der Waals surface area contributed by atoms with Gasteiger partial charge in [0.1, 0.15) is 0 Å². The standard InChI is InChI=1S/C18H23F2N3O3/c1-11(26-14(24)9-10-21-16(25)18(2,3)4)15-22-12-7-5-6-8-13(12)23(15)17(19)20/h5-8,11,17H,9-10H2,1-4H3,(H,21,25). The van der Waals surface area contributed by atoms with E-state index in [0.29, 0.717) is 5.52 Å². The summed E-state index contributed by atoms with van der Waals surface area (Å²) in [6.45, 7) is 4.09. The number of ether oxygens (including phenoxy) is 1. The normalized spacial score (nSPS) is 13.0. The highest BCUT2D eigenvalue weighted by molar-refractivity contribution is 5.82. The topological polar surface area (TPSA) is 73.2 Å². The Morgan fingerprint density at radius 1 is 1.27 bits per heavy atom. The number of imidazole rings is 1. The maximum Gasteiger partial charge on any atom is 0.320 e. The van der Waals surface area contributed by atoms with Gasteiger partial charge in [0.05, 0.1) is 17.5 Å². The first-order chi connectivity index (χ1) is 12.1. The van der Waals surface area contributed by atoms with E-state index in [-0.39, 0.29) is 30.2 Å². The highest BCUT2D eigenvalue weighted by Crippen LogP contribution is 2.28. The van der Waals surface area contributed by atoms with Crippen molar-refractivity contribution in [1.29, 1.82) is 0 Å². The minimum Gasteiger partial charge on any atom is -0.454 e. The van der Waals surface area contributed by atoms with E-state index in [4.69, 9.17) is 4.74 Å². The van der Waals surface area contributed by atoms with Crippen LogP contribution in [0.1, 0.15) is 52.6 Å². The largest absolute Gasteiger partial charge is 0.454 e. The smallest absolute Gasteiger partial charge is 0.320 e. The number of hydrogen-bond donors (Lipinski definition) is 1. The fourth-order valence-electron chi connectivity index (χ4n) is 2.41. The van der Waals surface area contributed by atoms with Crippen molar-refractivity contribution in [2.45, 2.75) is 46.8 Å². The Hall–Kier alpha value is -2.51. The number of amides is 1. The monoisotopic (exact) mass is 367 g/mol. The van der Waals surface area contributed by atoms with Gasteiger partial charge in [-0.05, 0) is 19.1 Å². The third kappa shape index (κ3) is 4.56. The predicted octanol–water partition coefficient (Wildman–Crippen LogP) is 3.59. The number of hydrogen-bond acceptors (Lipinski definition) is 4. The molecule has 142 valence electrons. The molecule has 0 aliphatic heterocycles. The molecule has 1 aromatic carbocycles. The summed E-state index contributed by atoms with van der Waals surface area (Å²) in [7, 11) is 0. The molecule has 6 nitrogen and oxygen atoms in total. The molecule has 1 aromatic heterocycles. The van der Waals surface area contributed by atoms with Crippen molar-refractivity contribution in [1.82, 2.24) is 14.9 Å². The minimum absolute atomic E-state index is 0.0201. The molecular formula is C18H23F2N3O3. The summed E-state index contributed by atoms with van der Waals surface area (Å²) in [5, 5.41) is 2.64. The van der Waals surface area contributed by atoms with E-state index in [1.165, 1.54) is 13.0 Å². The number of halogens is 2. The number of carbonyl (C=O) groups is 2. The van der Waals surface area contributed by atoms with Crippen molar-refractivity contribution < 1.29 is 23.1 Å². The fourth-order valence-corrected chi connectivity index (χ4v) is 2.41. The molecule has 0 saturated heterocycles. The number of esters is 1. The molecule has 0 saturated carbocycles. The summed E-state index contributed by atoms with van der Waals surface area (Å²) in [5.41, 5.74) is 0.125. The Morgan fingerprint density at radius 3 is 2.54 bits per heavy atom. The molecule has 1 heterocycles. The summed E-state index contributed by atoms with van der Waals surface area (Å²) in [6, 6.07) is 6.49. The predicted molar refractivity (Wildman–Crippen MR) is 92.6 cm³/mol. The number of para-hydroxylation sites is 2. The van der Waals surface area contributed by atoms with Crippen molar-refractivity contribution in [3.05, 3.63) is 30.1 Å². The van der Waals surface area contributed by atoms with Gasteiger partial charge in [-0.15, -0.1) is 0 Å². The molecule has 8 heteroatoms. The first-order valence-electron chi connectivity index (χ1n) is 8.34. The number of nitrogens with zero attached hydrogens (tertiary/aromatic N) is 2. The van der Waals surface area contributed by atoms with Crippen LogP contribution < -0.4 is 5.32 Å².